The number of carbonyl (C=O) groups is 1. The lowest BCUT2D eigenvalue weighted by Gasteiger charge is -2.32. The fourth-order valence-corrected chi connectivity index (χ4v) is 5.40. The Hall–Kier alpha value is -4.42. The highest BCUT2D eigenvalue weighted by Crippen LogP contribution is 2.38. The second-order valence-corrected chi connectivity index (χ2v) is 11.8. The van der Waals surface area contributed by atoms with Crippen molar-refractivity contribution >= 4 is 17.4 Å². The van der Waals surface area contributed by atoms with E-state index in [1.54, 1.807) is 29.2 Å². The van der Waals surface area contributed by atoms with Gasteiger partial charge < -0.3 is 35.8 Å². The van der Waals surface area contributed by atoms with E-state index in [9.17, 15) is 9.90 Å². The Morgan fingerprint density at radius 3 is 2.67 bits per heavy atom. The number of ether oxygens (including phenoxy) is 1. The number of anilines is 1. The van der Waals surface area contributed by atoms with Gasteiger partial charge in [0.2, 0.25) is 0 Å². The van der Waals surface area contributed by atoms with Gasteiger partial charge in [0, 0.05) is 24.7 Å². The Balaban J connectivity index is 1.41. The third-order valence-corrected chi connectivity index (χ3v) is 7.93. The summed E-state index contributed by atoms with van der Waals surface area (Å²) in [7, 11) is 0. The van der Waals surface area contributed by atoms with Gasteiger partial charge in [-0.25, -0.2) is 4.79 Å². The molecule has 46 heavy (non-hydrogen) atoms. The number of unbranched alkanes of at least 4 members (excludes halogenated alkanes) is 2. The Bertz CT molecular complexity index is 1530. The Morgan fingerprint density at radius 2 is 1.91 bits per heavy atom. The van der Waals surface area contributed by atoms with Crippen molar-refractivity contribution in [3.8, 4) is 5.75 Å². The number of aryl methyl sites for hydroxylation is 1. The van der Waals surface area contributed by atoms with Crippen molar-refractivity contribution in [2.24, 2.45) is 5.92 Å². The van der Waals surface area contributed by atoms with E-state index in [2.05, 4.69) is 33.3 Å². The monoisotopic (exact) mass is 631 g/mol. The van der Waals surface area contributed by atoms with Crippen LogP contribution < -0.4 is 31.5 Å². The predicted octanol–water partition coefficient (Wildman–Crippen LogP) is 4.82. The lowest BCUT2D eigenvalue weighted by molar-refractivity contribution is 0.170. The first-order valence-electron chi connectivity index (χ1n) is 16.3. The molecular weight excluding hydrogens is 582 g/mol. The van der Waals surface area contributed by atoms with Gasteiger partial charge in [-0.15, -0.1) is 0 Å². The van der Waals surface area contributed by atoms with Crippen LogP contribution in [0.25, 0.3) is 0 Å². The largest absolute Gasteiger partial charge is 0.484 e. The van der Waals surface area contributed by atoms with E-state index < -0.39 is 6.03 Å². The van der Waals surface area contributed by atoms with Crippen molar-refractivity contribution in [3.63, 3.8) is 0 Å². The fraction of sp³-hybridized carbons (Fsp3) is 0.471. The quantitative estimate of drug-likeness (QED) is 0.0834. The number of aliphatic hydroxyl groups excluding tert-OH is 1. The van der Waals surface area contributed by atoms with E-state index >= 15 is 0 Å². The minimum absolute atomic E-state index is 0.0270. The summed E-state index contributed by atoms with van der Waals surface area (Å²) in [6.45, 7) is 9.05. The molecule has 0 saturated heterocycles. The summed E-state index contributed by atoms with van der Waals surface area (Å²) < 4.78 is 10.0. The van der Waals surface area contributed by atoms with Crippen LogP contribution in [-0.4, -0.2) is 50.9 Å². The van der Waals surface area contributed by atoms with Crippen LogP contribution in [0.3, 0.4) is 0 Å². The average molecular weight is 632 g/mol. The maximum atomic E-state index is 13.3. The third-order valence-electron chi connectivity index (χ3n) is 7.93. The molecule has 2 atom stereocenters. The summed E-state index contributed by atoms with van der Waals surface area (Å²) in [4.78, 5) is 13.3. The molecule has 1 aliphatic rings. The summed E-state index contributed by atoms with van der Waals surface area (Å²) >= 11 is 0. The van der Waals surface area contributed by atoms with Crippen molar-refractivity contribution in [1.29, 1.82) is 10.8 Å². The lowest BCUT2D eigenvalue weighted by atomic mass is 9.85. The van der Waals surface area contributed by atoms with E-state index in [0.717, 1.165) is 55.8 Å². The number of allylic oxidation sites excluding steroid dienone is 1. The molecule has 2 unspecified atom stereocenters. The van der Waals surface area contributed by atoms with Crippen molar-refractivity contribution in [1.82, 2.24) is 30.3 Å². The van der Waals surface area contributed by atoms with E-state index in [-0.39, 0.29) is 24.7 Å². The van der Waals surface area contributed by atoms with Crippen molar-refractivity contribution < 1.29 is 14.6 Å². The van der Waals surface area contributed by atoms with Crippen LogP contribution in [0.2, 0.25) is 0 Å². The summed E-state index contributed by atoms with van der Waals surface area (Å²) in [5, 5.41) is 42.6. The molecule has 0 bridgehead atoms. The molecule has 2 amide bonds. The first kappa shape index (κ1) is 34.5. The van der Waals surface area contributed by atoms with Crippen molar-refractivity contribution in [2.45, 2.75) is 78.1 Å². The van der Waals surface area contributed by atoms with E-state index in [1.165, 1.54) is 0 Å². The summed E-state index contributed by atoms with van der Waals surface area (Å²) in [6, 6.07) is 11.0. The van der Waals surface area contributed by atoms with Crippen LogP contribution in [0.15, 0.2) is 66.9 Å². The molecule has 12 heteroatoms. The number of amides is 2. The number of benzene rings is 1. The molecule has 0 radical (unpaired) electrons. The number of hydrogen-bond donors (Lipinski definition) is 7. The fourth-order valence-electron chi connectivity index (χ4n) is 5.40. The molecule has 0 saturated carbocycles. The molecule has 2 aromatic heterocycles. The molecule has 12 nitrogen and oxygen atoms in total. The molecule has 3 aromatic rings. The highest BCUT2D eigenvalue weighted by Gasteiger charge is 2.29. The first-order valence-corrected chi connectivity index (χ1v) is 16.3. The van der Waals surface area contributed by atoms with Gasteiger partial charge in [0.15, 0.2) is 0 Å². The van der Waals surface area contributed by atoms with Crippen molar-refractivity contribution in [2.75, 3.05) is 25.0 Å². The Morgan fingerprint density at radius 1 is 1.11 bits per heavy atom. The molecule has 4 rings (SSSR count). The molecular formula is C34H49N9O3. The number of aliphatic hydroxyl groups is 1. The highest BCUT2D eigenvalue weighted by molar-refractivity contribution is 5.95. The van der Waals surface area contributed by atoms with Gasteiger partial charge in [0.25, 0.3) is 0 Å². The SMILES string of the molecule is CCNCCCCCn1cc(OC2CCC(NC(=O)N/C(=C/C(=N)C(C)C)Nc3cnn(CCO)c3)c3ccccc32)ccc1=N. The number of fused-ring (bicyclic) bond motifs is 1. The van der Waals surface area contributed by atoms with Crippen LogP contribution >= 0.6 is 0 Å². The first-order chi connectivity index (χ1) is 22.3. The molecule has 0 spiro atoms. The normalized spacial score (nSPS) is 16.2. The number of nitrogens with one attached hydrogen (secondary N) is 6. The average Bonchev–Trinajstić information content (AvgIpc) is 3.48. The van der Waals surface area contributed by atoms with Gasteiger partial charge in [-0.2, -0.15) is 5.10 Å². The van der Waals surface area contributed by atoms with Gasteiger partial charge in [-0.05, 0) is 74.0 Å². The molecule has 0 aliphatic heterocycles. The van der Waals surface area contributed by atoms with Crippen LogP contribution in [0, 0.1) is 16.7 Å². The van der Waals surface area contributed by atoms with Gasteiger partial charge in [0.1, 0.15) is 23.2 Å². The van der Waals surface area contributed by atoms with Crippen LogP contribution in [-0.2, 0) is 13.1 Å². The number of urea groups is 1. The van der Waals surface area contributed by atoms with Crippen LogP contribution in [0.1, 0.15) is 76.1 Å². The summed E-state index contributed by atoms with van der Waals surface area (Å²) in [6.07, 6.45) is 11.3. The topological polar surface area (TPSA) is 165 Å². The predicted molar refractivity (Wildman–Crippen MR) is 180 cm³/mol. The van der Waals surface area contributed by atoms with Crippen LogP contribution in [0.4, 0.5) is 10.5 Å². The number of aromatic nitrogens is 3. The zero-order valence-corrected chi connectivity index (χ0v) is 27.2. The highest BCUT2D eigenvalue weighted by atomic mass is 16.5. The molecule has 1 aromatic carbocycles. The molecule has 2 heterocycles. The standard InChI is InChI=1S/C34H49N9O3/c1-4-37-16-8-5-9-17-42-23-26(12-15-32(42)36)46-31-14-13-30(27-10-6-7-11-28(27)31)40-34(45)41-33(20-29(35)24(2)3)39-25-21-38-43(22-25)18-19-44/h6-7,10-12,15,20-24,30-31,35-37,39,44H,4-5,8-9,13-14,16-19H2,1-3H3,(H2,40,41,45)/b33-20+,35-29?,36-32?. The second kappa shape index (κ2) is 17.3. The van der Waals surface area contributed by atoms with E-state index in [0.29, 0.717) is 42.1 Å². The number of rotatable bonds is 17. The Labute approximate surface area is 271 Å². The second-order valence-electron chi connectivity index (χ2n) is 11.8. The minimum Gasteiger partial charge on any atom is -0.484 e. The molecule has 7 N–H and O–H groups in total. The number of nitrogens with zero attached hydrogens (tertiary/aromatic N) is 3. The van der Waals surface area contributed by atoms with E-state index in [1.807, 2.05) is 54.9 Å². The van der Waals surface area contributed by atoms with Gasteiger partial charge in [0.05, 0.1) is 31.1 Å². The van der Waals surface area contributed by atoms with Crippen LogP contribution in [0.5, 0.6) is 5.75 Å². The minimum atomic E-state index is -0.394. The Kier molecular flexibility index (Phi) is 13.0. The lowest BCUT2D eigenvalue weighted by Crippen LogP contribution is -2.41. The maximum Gasteiger partial charge on any atom is 0.320 e. The number of carbonyl (C=O) groups excluding carboxylic acids is 1. The van der Waals surface area contributed by atoms with Gasteiger partial charge >= 0.3 is 6.03 Å². The van der Waals surface area contributed by atoms with E-state index in [4.69, 9.17) is 15.6 Å². The van der Waals surface area contributed by atoms with Gasteiger partial charge in [-0.1, -0.05) is 51.5 Å². The zero-order valence-electron chi connectivity index (χ0n) is 27.2. The van der Waals surface area contributed by atoms with Crippen molar-refractivity contribution in [3.05, 3.63) is 83.5 Å². The summed E-state index contributed by atoms with van der Waals surface area (Å²) in [5.74, 6) is 1.05. The molecule has 0 fully saturated rings. The smallest absolute Gasteiger partial charge is 0.320 e. The molecule has 1 aliphatic carbocycles. The van der Waals surface area contributed by atoms with Gasteiger partial charge in [-0.3, -0.25) is 15.4 Å². The molecule has 248 valence electrons. The number of hydrogen-bond acceptors (Lipinski definition) is 8. The maximum absolute atomic E-state index is 13.3. The third kappa shape index (κ3) is 10.0. The zero-order chi connectivity index (χ0) is 32.9. The summed E-state index contributed by atoms with van der Waals surface area (Å²) in [5.41, 5.74) is 3.47. The number of pyridine rings is 1.